The summed E-state index contributed by atoms with van der Waals surface area (Å²) in [6.07, 6.45) is 0.755. The minimum absolute atomic E-state index is 0.227. The molecule has 0 heterocycles. The zero-order chi connectivity index (χ0) is 14.1. The summed E-state index contributed by atoms with van der Waals surface area (Å²) < 4.78 is 5.17. The Labute approximate surface area is 122 Å². The van der Waals surface area contributed by atoms with Crippen molar-refractivity contribution in [3.63, 3.8) is 0 Å². The van der Waals surface area contributed by atoms with Crippen molar-refractivity contribution < 1.29 is 9.53 Å². The third kappa shape index (κ3) is 2.49. The first kappa shape index (κ1) is 13.0. The lowest BCUT2D eigenvalue weighted by atomic mass is 10.00. The quantitative estimate of drug-likeness (QED) is 0.904. The molecule has 3 nitrogen and oxygen atoms in total. The van der Waals surface area contributed by atoms with Gasteiger partial charge in [0, 0.05) is 5.02 Å². The summed E-state index contributed by atoms with van der Waals surface area (Å²) in [6, 6.07) is 13.9. The molecule has 1 unspecified atom stereocenters. The van der Waals surface area contributed by atoms with Crippen LogP contribution in [0.15, 0.2) is 42.5 Å². The van der Waals surface area contributed by atoms with E-state index >= 15 is 0 Å². The van der Waals surface area contributed by atoms with E-state index in [0.29, 0.717) is 5.02 Å². The summed E-state index contributed by atoms with van der Waals surface area (Å²) in [5, 5.41) is 0.713. The number of nitrogens with two attached hydrogens (primary N) is 1. The summed E-state index contributed by atoms with van der Waals surface area (Å²) in [6.45, 7) is 0. The number of ether oxygens (including phenoxy) is 1. The molecule has 102 valence electrons. The van der Waals surface area contributed by atoms with Crippen LogP contribution in [0.3, 0.4) is 0 Å². The van der Waals surface area contributed by atoms with Gasteiger partial charge in [0.05, 0.1) is 0 Å². The van der Waals surface area contributed by atoms with Crippen molar-refractivity contribution in [2.24, 2.45) is 5.73 Å². The van der Waals surface area contributed by atoms with Gasteiger partial charge in [-0.05, 0) is 53.3 Å². The molecule has 1 aliphatic rings. The molecule has 0 saturated carbocycles. The Bertz CT molecular complexity index is 652. The molecule has 4 heteroatoms. The van der Waals surface area contributed by atoms with Crippen molar-refractivity contribution >= 4 is 17.7 Å². The molecular formula is C16H14ClNO2. The van der Waals surface area contributed by atoms with Gasteiger partial charge in [-0.1, -0.05) is 35.9 Å². The van der Waals surface area contributed by atoms with Crippen LogP contribution in [0.5, 0.6) is 0 Å². The van der Waals surface area contributed by atoms with Crippen molar-refractivity contribution in [1.82, 2.24) is 0 Å². The maximum atomic E-state index is 10.9. The van der Waals surface area contributed by atoms with Crippen LogP contribution in [-0.4, -0.2) is 6.09 Å². The number of hydrogen-bond donors (Lipinski definition) is 1. The van der Waals surface area contributed by atoms with Crippen LogP contribution in [0.2, 0.25) is 5.02 Å². The zero-order valence-corrected chi connectivity index (χ0v) is 11.6. The van der Waals surface area contributed by atoms with E-state index in [0.717, 1.165) is 29.5 Å². The third-order valence-electron chi connectivity index (χ3n) is 3.60. The minimum Gasteiger partial charge on any atom is -0.441 e. The average Bonchev–Trinajstić information content (AvgIpc) is 2.81. The van der Waals surface area contributed by atoms with E-state index in [-0.39, 0.29) is 6.10 Å². The number of carbonyl (C=O) groups excluding carboxylic acids is 1. The summed E-state index contributed by atoms with van der Waals surface area (Å²) in [7, 11) is 0. The van der Waals surface area contributed by atoms with Crippen LogP contribution in [0, 0.1) is 0 Å². The lowest BCUT2D eigenvalue weighted by Crippen LogP contribution is -2.15. The molecule has 2 aromatic carbocycles. The number of carbonyl (C=O) groups is 1. The van der Waals surface area contributed by atoms with Gasteiger partial charge in [0.2, 0.25) is 0 Å². The molecule has 0 spiro atoms. The Morgan fingerprint density at radius 1 is 1.15 bits per heavy atom. The number of primary amides is 1. The topological polar surface area (TPSA) is 52.3 Å². The van der Waals surface area contributed by atoms with Gasteiger partial charge < -0.3 is 10.5 Å². The van der Waals surface area contributed by atoms with E-state index in [9.17, 15) is 4.79 Å². The summed E-state index contributed by atoms with van der Waals surface area (Å²) in [4.78, 5) is 10.9. The molecule has 0 aliphatic heterocycles. The molecule has 20 heavy (non-hydrogen) atoms. The van der Waals surface area contributed by atoms with Gasteiger partial charge in [0.25, 0.3) is 0 Å². The molecule has 0 radical (unpaired) electrons. The number of halogens is 1. The van der Waals surface area contributed by atoms with Crippen LogP contribution in [0.25, 0.3) is 11.1 Å². The van der Waals surface area contributed by atoms with E-state index in [1.807, 2.05) is 24.3 Å². The fourth-order valence-corrected chi connectivity index (χ4v) is 2.77. The number of aryl methyl sites for hydroxylation is 1. The van der Waals surface area contributed by atoms with Crippen molar-refractivity contribution in [2.45, 2.75) is 18.9 Å². The Kier molecular flexibility index (Phi) is 3.36. The maximum absolute atomic E-state index is 10.9. The van der Waals surface area contributed by atoms with E-state index in [4.69, 9.17) is 22.1 Å². The molecule has 3 rings (SSSR count). The molecule has 2 aromatic rings. The van der Waals surface area contributed by atoms with Crippen LogP contribution in [-0.2, 0) is 11.2 Å². The normalized spacial score (nSPS) is 16.8. The second-order valence-electron chi connectivity index (χ2n) is 4.88. The van der Waals surface area contributed by atoms with E-state index in [1.54, 1.807) is 0 Å². The standard InChI is InChI=1S/C16H14ClNO2/c17-13-6-3-10(4-7-13)12-2-1-11-5-8-15(14(11)9-12)20-16(18)19/h1-4,6-7,9,15H,5,8H2,(H2,18,19). The van der Waals surface area contributed by atoms with Crippen LogP contribution in [0.1, 0.15) is 23.7 Å². The molecule has 0 bridgehead atoms. The predicted octanol–water partition coefficient (Wildman–Crippen LogP) is 4.09. The molecule has 1 aliphatic carbocycles. The zero-order valence-electron chi connectivity index (χ0n) is 10.8. The third-order valence-corrected chi connectivity index (χ3v) is 3.86. The first-order valence-corrected chi connectivity index (χ1v) is 6.86. The van der Waals surface area contributed by atoms with Crippen molar-refractivity contribution in [3.8, 4) is 11.1 Å². The molecule has 0 aromatic heterocycles. The molecule has 2 N–H and O–H groups in total. The highest BCUT2D eigenvalue weighted by molar-refractivity contribution is 6.30. The number of benzene rings is 2. The monoisotopic (exact) mass is 287 g/mol. The van der Waals surface area contributed by atoms with Gasteiger partial charge in [0.1, 0.15) is 6.10 Å². The Hall–Kier alpha value is -2.00. The molecule has 0 saturated heterocycles. The molecule has 1 amide bonds. The summed E-state index contributed by atoms with van der Waals surface area (Å²) in [5.41, 5.74) is 9.56. The highest BCUT2D eigenvalue weighted by atomic mass is 35.5. The number of hydrogen-bond acceptors (Lipinski definition) is 2. The molecule has 0 fully saturated rings. The maximum Gasteiger partial charge on any atom is 0.405 e. The van der Waals surface area contributed by atoms with Gasteiger partial charge in [-0.15, -0.1) is 0 Å². The van der Waals surface area contributed by atoms with Crippen LogP contribution < -0.4 is 5.73 Å². The minimum atomic E-state index is -0.722. The number of amides is 1. The lowest BCUT2D eigenvalue weighted by Gasteiger charge is -2.12. The largest absolute Gasteiger partial charge is 0.441 e. The van der Waals surface area contributed by atoms with E-state index in [2.05, 4.69) is 18.2 Å². The SMILES string of the molecule is NC(=O)OC1CCc2ccc(-c3ccc(Cl)cc3)cc21. The van der Waals surface area contributed by atoms with Gasteiger partial charge in [-0.2, -0.15) is 0 Å². The van der Waals surface area contributed by atoms with Gasteiger partial charge in [-0.3, -0.25) is 0 Å². The van der Waals surface area contributed by atoms with Gasteiger partial charge >= 0.3 is 6.09 Å². The summed E-state index contributed by atoms with van der Waals surface area (Å²) in [5.74, 6) is 0. The smallest absolute Gasteiger partial charge is 0.405 e. The van der Waals surface area contributed by atoms with E-state index in [1.165, 1.54) is 5.56 Å². The van der Waals surface area contributed by atoms with Crippen LogP contribution >= 0.6 is 11.6 Å². The Morgan fingerprint density at radius 3 is 2.55 bits per heavy atom. The lowest BCUT2D eigenvalue weighted by molar-refractivity contribution is 0.107. The second kappa shape index (κ2) is 5.17. The summed E-state index contributed by atoms with van der Waals surface area (Å²) >= 11 is 5.90. The van der Waals surface area contributed by atoms with Crippen molar-refractivity contribution in [3.05, 3.63) is 58.6 Å². The predicted molar refractivity (Wildman–Crippen MR) is 78.6 cm³/mol. The fraction of sp³-hybridized carbons (Fsp3) is 0.188. The van der Waals surface area contributed by atoms with Crippen molar-refractivity contribution in [2.75, 3.05) is 0 Å². The first-order valence-electron chi connectivity index (χ1n) is 6.48. The number of rotatable bonds is 2. The van der Waals surface area contributed by atoms with Gasteiger partial charge in [-0.25, -0.2) is 4.79 Å². The first-order chi connectivity index (χ1) is 9.63. The van der Waals surface area contributed by atoms with Gasteiger partial charge in [0.15, 0.2) is 0 Å². The van der Waals surface area contributed by atoms with E-state index < -0.39 is 6.09 Å². The van der Waals surface area contributed by atoms with Crippen molar-refractivity contribution in [1.29, 1.82) is 0 Å². The Balaban J connectivity index is 1.96. The second-order valence-corrected chi connectivity index (χ2v) is 5.32. The average molecular weight is 288 g/mol. The fourth-order valence-electron chi connectivity index (χ4n) is 2.65. The molecule has 1 atom stereocenters. The highest BCUT2D eigenvalue weighted by Crippen LogP contribution is 2.36. The van der Waals surface area contributed by atoms with Crippen LogP contribution in [0.4, 0.5) is 4.79 Å². The molecular weight excluding hydrogens is 274 g/mol. The Morgan fingerprint density at radius 2 is 1.85 bits per heavy atom. The highest BCUT2D eigenvalue weighted by Gasteiger charge is 2.25. The number of fused-ring (bicyclic) bond motifs is 1.